The third kappa shape index (κ3) is 6.11. The monoisotopic (exact) mass is 567 g/mol. The molecule has 9 nitrogen and oxygen atoms in total. The molecule has 11 heteroatoms. The minimum absolute atomic E-state index is 0.0857. The first-order valence-corrected chi connectivity index (χ1v) is 14.9. The minimum Gasteiger partial charge on any atom is -0.456 e. The van der Waals surface area contributed by atoms with E-state index in [4.69, 9.17) is 9.47 Å². The van der Waals surface area contributed by atoms with Crippen molar-refractivity contribution in [1.82, 2.24) is 4.31 Å². The van der Waals surface area contributed by atoms with Gasteiger partial charge in [0.25, 0.3) is 5.91 Å². The molecule has 0 aliphatic carbocycles. The van der Waals surface area contributed by atoms with Crippen molar-refractivity contribution in [3.8, 4) is 0 Å². The average Bonchev–Trinajstić information content (AvgIpc) is 2.95. The molecule has 3 aromatic rings. The van der Waals surface area contributed by atoms with Crippen molar-refractivity contribution < 1.29 is 27.5 Å². The molecule has 0 aromatic heterocycles. The number of ether oxygens (including phenoxy) is 2. The molecule has 2 aliphatic rings. The van der Waals surface area contributed by atoms with E-state index in [1.165, 1.54) is 16.4 Å². The number of para-hydroxylation sites is 2. The van der Waals surface area contributed by atoms with Gasteiger partial charge in [-0.3, -0.25) is 9.59 Å². The molecule has 0 atom stereocenters. The highest BCUT2D eigenvalue weighted by Gasteiger charge is 2.27. The van der Waals surface area contributed by atoms with E-state index in [0.717, 1.165) is 21.2 Å². The summed E-state index contributed by atoms with van der Waals surface area (Å²) in [5, 5.41) is 2.68. The summed E-state index contributed by atoms with van der Waals surface area (Å²) in [5.41, 5.74) is 3.09. The Labute approximate surface area is 232 Å². The molecule has 0 unspecified atom stereocenters. The SMILES string of the molecule is Cc1ccc(S(=O)(=O)N2CCOCC2)cc1NC(=O)COC(=O)CCN1c2ccccc2Sc2ccccc21. The number of benzene rings is 3. The first kappa shape index (κ1) is 27.2. The second-order valence-electron chi connectivity index (χ2n) is 9.14. The van der Waals surface area contributed by atoms with E-state index in [-0.39, 0.29) is 24.4 Å². The van der Waals surface area contributed by atoms with Crippen LogP contribution in [0.15, 0.2) is 81.4 Å². The van der Waals surface area contributed by atoms with E-state index in [1.807, 2.05) is 36.4 Å². The number of nitrogens with zero attached hydrogens (tertiary/aromatic N) is 2. The molecule has 1 fully saturated rings. The maximum Gasteiger partial charge on any atom is 0.308 e. The van der Waals surface area contributed by atoms with Crippen molar-refractivity contribution in [3.63, 3.8) is 0 Å². The first-order valence-electron chi connectivity index (χ1n) is 12.6. The second kappa shape index (κ2) is 11.8. The van der Waals surface area contributed by atoms with Crippen LogP contribution in [0.3, 0.4) is 0 Å². The molecule has 1 N–H and O–H groups in total. The number of amides is 1. The van der Waals surface area contributed by atoms with Gasteiger partial charge in [0.15, 0.2) is 6.61 Å². The molecule has 5 rings (SSSR count). The van der Waals surface area contributed by atoms with Crippen molar-refractivity contribution in [2.45, 2.75) is 28.0 Å². The largest absolute Gasteiger partial charge is 0.456 e. The Kier molecular flexibility index (Phi) is 8.22. The number of carbonyl (C=O) groups is 2. The van der Waals surface area contributed by atoms with E-state index in [1.54, 1.807) is 24.8 Å². The molecule has 204 valence electrons. The molecule has 0 bridgehead atoms. The number of aryl methyl sites for hydroxylation is 1. The standard InChI is InChI=1S/C28H29N3O6S2/c1-20-10-11-21(39(34,35)30-14-16-36-17-15-30)18-22(20)29-27(32)19-37-28(33)12-13-31-23-6-2-4-8-25(23)38-26-9-5-3-7-24(26)31/h2-11,18H,12-17,19H2,1H3,(H,29,32). The van der Waals surface area contributed by atoms with Crippen LogP contribution in [0.4, 0.5) is 17.1 Å². The van der Waals surface area contributed by atoms with Gasteiger partial charge in [-0.2, -0.15) is 4.31 Å². The van der Waals surface area contributed by atoms with Crippen LogP contribution in [-0.2, 0) is 29.1 Å². The van der Waals surface area contributed by atoms with E-state index >= 15 is 0 Å². The molecule has 0 spiro atoms. The summed E-state index contributed by atoms with van der Waals surface area (Å²) in [6, 6.07) is 20.6. The summed E-state index contributed by atoms with van der Waals surface area (Å²) < 4.78 is 37.8. The Morgan fingerprint density at radius 1 is 0.974 bits per heavy atom. The zero-order chi connectivity index (χ0) is 27.4. The molecule has 0 radical (unpaired) electrons. The summed E-state index contributed by atoms with van der Waals surface area (Å²) in [5.74, 6) is -1.05. The Bertz CT molecular complexity index is 1440. The highest BCUT2D eigenvalue weighted by molar-refractivity contribution is 7.99. The van der Waals surface area contributed by atoms with Crippen molar-refractivity contribution in [2.24, 2.45) is 0 Å². The van der Waals surface area contributed by atoms with E-state index in [2.05, 4.69) is 22.3 Å². The maximum absolute atomic E-state index is 13.0. The van der Waals surface area contributed by atoms with Crippen LogP contribution in [0.2, 0.25) is 0 Å². The van der Waals surface area contributed by atoms with Gasteiger partial charge in [-0.15, -0.1) is 0 Å². The van der Waals surface area contributed by atoms with Crippen LogP contribution < -0.4 is 10.2 Å². The summed E-state index contributed by atoms with van der Waals surface area (Å²) in [7, 11) is -3.71. The topological polar surface area (TPSA) is 105 Å². The average molecular weight is 568 g/mol. The number of sulfonamides is 1. The molecule has 2 aliphatic heterocycles. The van der Waals surface area contributed by atoms with E-state index < -0.39 is 28.5 Å². The number of carbonyl (C=O) groups excluding carboxylic acids is 2. The number of morpholine rings is 1. The Morgan fingerprint density at radius 2 is 1.62 bits per heavy atom. The smallest absolute Gasteiger partial charge is 0.308 e. The highest BCUT2D eigenvalue weighted by atomic mass is 32.2. The van der Waals surface area contributed by atoms with Crippen LogP contribution in [0.1, 0.15) is 12.0 Å². The number of nitrogens with one attached hydrogen (secondary N) is 1. The number of hydrogen-bond donors (Lipinski definition) is 1. The van der Waals surface area contributed by atoms with E-state index in [0.29, 0.717) is 31.0 Å². The normalized spacial score (nSPS) is 15.3. The van der Waals surface area contributed by atoms with Crippen molar-refractivity contribution in [2.75, 3.05) is 49.7 Å². The Balaban J connectivity index is 1.18. The lowest BCUT2D eigenvalue weighted by Crippen LogP contribution is -2.40. The fourth-order valence-corrected chi connectivity index (χ4v) is 6.99. The van der Waals surface area contributed by atoms with Crippen LogP contribution in [0.25, 0.3) is 0 Å². The molecular formula is C28H29N3O6S2. The maximum atomic E-state index is 13.0. The van der Waals surface area contributed by atoms with Gasteiger partial charge in [0.2, 0.25) is 10.0 Å². The lowest BCUT2D eigenvalue weighted by molar-refractivity contribution is -0.147. The number of rotatable bonds is 8. The molecule has 2 heterocycles. The summed E-state index contributed by atoms with van der Waals surface area (Å²) >= 11 is 1.69. The third-order valence-electron chi connectivity index (χ3n) is 6.53. The van der Waals surface area contributed by atoms with Crippen LogP contribution >= 0.6 is 11.8 Å². The van der Waals surface area contributed by atoms with Crippen LogP contribution in [-0.4, -0.2) is 64.1 Å². The predicted octanol–water partition coefficient (Wildman–Crippen LogP) is 4.19. The van der Waals surface area contributed by atoms with Gasteiger partial charge in [0.05, 0.1) is 35.9 Å². The molecule has 3 aromatic carbocycles. The van der Waals surface area contributed by atoms with Crippen molar-refractivity contribution in [3.05, 3.63) is 72.3 Å². The zero-order valence-corrected chi connectivity index (χ0v) is 23.1. The fraction of sp³-hybridized carbons (Fsp3) is 0.286. The number of anilines is 3. The first-order chi connectivity index (χ1) is 18.8. The van der Waals surface area contributed by atoms with Gasteiger partial charge in [0.1, 0.15) is 0 Å². The lowest BCUT2D eigenvalue weighted by Gasteiger charge is -2.32. The molecular weight excluding hydrogens is 538 g/mol. The number of esters is 1. The van der Waals surface area contributed by atoms with Crippen LogP contribution in [0.5, 0.6) is 0 Å². The van der Waals surface area contributed by atoms with Gasteiger partial charge in [-0.1, -0.05) is 42.1 Å². The van der Waals surface area contributed by atoms with E-state index in [9.17, 15) is 18.0 Å². The Morgan fingerprint density at radius 3 is 2.28 bits per heavy atom. The third-order valence-corrected chi connectivity index (χ3v) is 9.55. The van der Waals surface area contributed by atoms with Gasteiger partial charge >= 0.3 is 5.97 Å². The quantitative estimate of drug-likeness (QED) is 0.404. The predicted molar refractivity (Wildman–Crippen MR) is 149 cm³/mol. The lowest BCUT2D eigenvalue weighted by atomic mass is 10.2. The summed E-state index contributed by atoms with van der Waals surface area (Å²) in [6.07, 6.45) is 0.0902. The van der Waals surface area contributed by atoms with Gasteiger partial charge in [0, 0.05) is 35.1 Å². The summed E-state index contributed by atoms with van der Waals surface area (Å²) in [4.78, 5) is 29.5. The summed E-state index contributed by atoms with van der Waals surface area (Å²) in [6.45, 7) is 2.94. The molecule has 0 saturated carbocycles. The van der Waals surface area contributed by atoms with Gasteiger partial charge in [-0.25, -0.2) is 8.42 Å². The van der Waals surface area contributed by atoms with Crippen LogP contribution in [0, 0.1) is 6.92 Å². The number of hydrogen-bond acceptors (Lipinski definition) is 8. The molecule has 1 amide bonds. The minimum atomic E-state index is -3.71. The fourth-order valence-electron chi connectivity index (χ4n) is 4.46. The Hall–Kier alpha value is -3.38. The van der Waals surface area contributed by atoms with Crippen molar-refractivity contribution >= 4 is 50.7 Å². The van der Waals surface area contributed by atoms with Gasteiger partial charge < -0.3 is 19.7 Å². The van der Waals surface area contributed by atoms with Gasteiger partial charge in [-0.05, 0) is 48.9 Å². The van der Waals surface area contributed by atoms with Crippen molar-refractivity contribution in [1.29, 1.82) is 0 Å². The molecule has 1 saturated heterocycles. The zero-order valence-electron chi connectivity index (χ0n) is 21.5. The number of fused-ring (bicyclic) bond motifs is 2. The molecule has 39 heavy (non-hydrogen) atoms. The highest BCUT2D eigenvalue weighted by Crippen LogP contribution is 2.47. The second-order valence-corrected chi connectivity index (χ2v) is 12.2.